The van der Waals surface area contributed by atoms with Crippen molar-refractivity contribution in [2.24, 2.45) is 0 Å². The number of halogens is 4. The molecule has 0 fully saturated rings. The third-order valence-corrected chi connectivity index (χ3v) is 15.6. The molecule has 2 heterocycles. The molecule has 8 rings (SSSR count). The number of carbonyl (C=O) groups is 6. The number of hydrogen-bond donors (Lipinski definition) is 8. The molecule has 2 aliphatic carbocycles. The third kappa shape index (κ3) is 11.7. The lowest BCUT2D eigenvalue weighted by Gasteiger charge is -2.22. The van der Waals surface area contributed by atoms with Gasteiger partial charge in [0.25, 0.3) is 0 Å². The van der Waals surface area contributed by atoms with Gasteiger partial charge in [0, 0.05) is 61.8 Å². The summed E-state index contributed by atoms with van der Waals surface area (Å²) < 4.78 is 12.0. The summed E-state index contributed by atoms with van der Waals surface area (Å²) in [7, 11) is 0. The van der Waals surface area contributed by atoms with E-state index in [1.54, 1.807) is 26.0 Å². The Balaban J connectivity index is 0.000000237. The Morgan fingerprint density at radius 2 is 0.988 bits per heavy atom. The minimum atomic E-state index is -1.82. The second kappa shape index (κ2) is 25.3. The fourth-order valence-corrected chi connectivity index (χ4v) is 11.3. The van der Waals surface area contributed by atoms with Crippen LogP contribution in [0.15, 0.2) is 67.0 Å². The Hall–Kier alpha value is -8.16. The molecule has 22 heteroatoms. The van der Waals surface area contributed by atoms with Crippen molar-refractivity contribution in [3.8, 4) is 56.4 Å². The number of carboxylic acid groups (broad SMARTS) is 6. The number of benzene rings is 6. The molecule has 82 heavy (non-hydrogen) atoms. The van der Waals surface area contributed by atoms with Crippen LogP contribution in [-0.4, -0.2) is 76.7 Å². The van der Waals surface area contributed by atoms with Crippen molar-refractivity contribution < 1.29 is 78.5 Å². The zero-order valence-corrected chi connectivity index (χ0v) is 47.3. The number of hydrogen-bond acceptors (Lipinski definition) is 12. The Bertz CT molecular complexity index is 4020. The molecule has 0 bridgehead atoms. The molecule has 0 saturated carbocycles. The van der Waals surface area contributed by atoms with E-state index in [2.05, 4.69) is 13.8 Å². The first kappa shape index (κ1) is 61.5. The quantitative estimate of drug-likeness (QED) is 0.0260. The van der Waals surface area contributed by atoms with Crippen molar-refractivity contribution >= 4 is 104 Å². The highest BCUT2D eigenvalue weighted by Gasteiger charge is 2.37. The molecule has 0 saturated heterocycles. The van der Waals surface area contributed by atoms with Gasteiger partial charge in [0.1, 0.15) is 32.9 Å². The standard InChI is InChI=1S/C34H36O9.C26H16Cl4O9/c1-3-5-7-9-11-19-13-25-29(17-27(19)35)43-30-18-28(36)20(12-10-8-6-4-2)14-26(30)31(25)21-15-23(33(39)40)24(34(41)42)16-22(21)32(37)38;1-3-7-5-9-11(12-13(24(33)34)17(28)15(26(37)38)14(16(12)27)25(35)36)10-6-8(4-2)21(32)19(30)23(10)39-22(9)18(29)20(7)31/h13-18,35H,3-12H2,1-2H3,(H,37,38)(H,39,40)(H,41,42);5-6,31H,3-4H2,1-2H3,(H,33,34)(H,35,36)(H,37,38). The van der Waals surface area contributed by atoms with Crippen LogP contribution < -0.4 is 10.9 Å². The van der Waals surface area contributed by atoms with Gasteiger partial charge < -0.3 is 49.7 Å². The zero-order valence-electron chi connectivity index (χ0n) is 44.3. The van der Waals surface area contributed by atoms with E-state index in [0.29, 0.717) is 40.5 Å². The topological polar surface area (TPSA) is 325 Å². The van der Waals surface area contributed by atoms with E-state index in [-0.39, 0.29) is 95.7 Å². The molecule has 4 aromatic rings. The first-order valence-corrected chi connectivity index (χ1v) is 27.4. The van der Waals surface area contributed by atoms with Crippen molar-refractivity contribution in [2.45, 2.75) is 105 Å². The fourth-order valence-electron chi connectivity index (χ4n) is 10.0. The number of fused-ring (bicyclic) bond motifs is 4. The van der Waals surface area contributed by atoms with Crippen LogP contribution in [0.4, 0.5) is 0 Å². The number of phenols is 2. The maximum atomic E-state index is 13.1. The van der Waals surface area contributed by atoms with Crippen molar-refractivity contribution in [1.82, 2.24) is 0 Å². The van der Waals surface area contributed by atoms with Gasteiger partial charge in [0.05, 0.1) is 43.4 Å². The smallest absolute Gasteiger partial charge is 0.338 e. The average molecular weight is 1200 g/mol. The first-order valence-electron chi connectivity index (χ1n) is 25.9. The third-order valence-electron chi connectivity index (χ3n) is 14.1. The lowest BCUT2D eigenvalue weighted by molar-refractivity contribution is 0.0649. The van der Waals surface area contributed by atoms with Crippen LogP contribution in [0.25, 0.3) is 66.8 Å². The molecule has 428 valence electrons. The van der Waals surface area contributed by atoms with Crippen LogP contribution >= 0.6 is 46.4 Å². The summed E-state index contributed by atoms with van der Waals surface area (Å²) in [6.45, 7) is 7.57. The summed E-state index contributed by atoms with van der Waals surface area (Å²) in [5, 5.41) is 79.1. The van der Waals surface area contributed by atoms with E-state index in [0.717, 1.165) is 63.5 Å². The number of phenolic OH excluding ortho intramolecular Hbond substituents is 2. The minimum Gasteiger partial charge on any atom is -0.508 e. The molecule has 0 amide bonds. The number of aromatic hydroxyl groups is 2. The van der Waals surface area contributed by atoms with E-state index < -0.39 is 90.2 Å². The molecule has 18 nitrogen and oxygen atoms in total. The predicted octanol–water partition coefficient (Wildman–Crippen LogP) is 14.7. The molecule has 0 atom stereocenters. The molecular weight excluding hydrogens is 1150 g/mol. The van der Waals surface area contributed by atoms with Gasteiger partial charge in [-0.05, 0) is 91.6 Å². The van der Waals surface area contributed by atoms with Crippen molar-refractivity contribution in [2.75, 3.05) is 0 Å². The highest BCUT2D eigenvalue weighted by molar-refractivity contribution is 6.44. The highest BCUT2D eigenvalue weighted by Crippen LogP contribution is 2.52. The van der Waals surface area contributed by atoms with E-state index in [1.807, 2.05) is 0 Å². The van der Waals surface area contributed by atoms with Gasteiger partial charge in [0.15, 0.2) is 16.8 Å². The fraction of sp³-hybridized carbons (Fsp3) is 0.267. The van der Waals surface area contributed by atoms with Crippen LogP contribution in [0, 0.1) is 0 Å². The second-order valence-corrected chi connectivity index (χ2v) is 20.8. The average Bonchev–Trinajstić information content (AvgIpc) is 3.62. The van der Waals surface area contributed by atoms with Crippen LogP contribution in [0.5, 0.6) is 11.5 Å². The number of aryl methyl sites for hydroxylation is 4. The Morgan fingerprint density at radius 1 is 0.451 bits per heavy atom. The van der Waals surface area contributed by atoms with Gasteiger partial charge in [-0.25, -0.2) is 28.8 Å². The van der Waals surface area contributed by atoms with Crippen molar-refractivity contribution in [1.29, 1.82) is 0 Å². The Labute approximate surface area is 486 Å². The van der Waals surface area contributed by atoms with Crippen LogP contribution in [-0.2, 0) is 25.7 Å². The molecule has 4 aliphatic rings. The maximum absolute atomic E-state index is 13.1. The maximum Gasteiger partial charge on any atom is 0.338 e. The molecule has 4 aromatic carbocycles. The van der Waals surface area contributed by atoms with Crippen molar-refractivity contribution in [3.05, 3.63) is 145 Å². The van der Waals surface area contributed by atoms with Crippen LogP contribution in [0.3, 0.4) is 0 Å². The summed E-state index contributed by atoms with van der Waals surface area (Å²) in [5.74, 6) is -10.4. The molecule has 2 aliphatic heterocycles. The number of rotatable bonds is 20. The number of unbranched alkanes of at least 4 members (excludes halogenated alkanes) is 6. The van der Waals surface area contributed by atoms with E-state index in [9.17, 15) is 79.2 Å². The minimum absolute atomic E-state index is 0.0150. The van der Waals surface area contributed by atoms with Gasteiger partial charge in [-0.3, -0.25) is 9.59 Å². The van der Waals surface area contributed by atoms with E-state index >= 15 is 0 Å². The Kier molecular flexibility index (Phi) is 19.0. The number of aromatic carboxylic acids is 6. The van der Waals surface area contributed by atoms with E-state index in [1.165, 1.54) is 24.3 Å². The Morgan fingerprint density at radius 3 is 1.54 bits per heavy atom. The normalized spacial score (nSPS) is 11.3. The molecule has 0 spiro atoms. The highest BCUT2D eigenvalue weighted by atomic mass is 35.5. The molecule has 8 N–H and O–H groups in total. The van der Waals surface area contributed by atoms with Gasteiger partial charge in [0.2, 0.25) is 5.43 Å². The van der Waals surface area contributed by atoms with Crippen LogP contribution in [0.2, 0.25) is 20.1 Å². The predicted molar refractivity (Wildman–Crippen MR) is 309 cm³/mol. The number of carboxylic acids is 6. The van der Waals surface area contributed by atoms with Gasteiger partial charge in [-0.15, -0.1) is 0 Å². The molecule has 0 aromatic heterocycles. The largest absolute Gasteiger partial charge is 0.508 e. The van der Waals surface area contributed by atoms with Crippen molar-refractivity contribution in [3.63, 3.8) is 0 Å². The molecule has 0 radical (unpaired) electrons. The van der Waals surface area contributed by atoms with Crippen LogP contribution in [0.1, 0.15) is 163 Å². The summed E-state index contributed by atoms with van der Waals surface area (Å²) in [6, 6.07) is 10.8. The van der Waals surface area contributed by atoms with Gasteiger partial charge in [-0.1, -0.05) is 113 Å². The lowest BCUT2D eigenvalue weighted by Crippen LogP contribution is -2.16. The monoisotopic (exact) mass is 1200 g/mol. The SMILES string of the molecule is CCCCCCc1cc2c(-c3cc(C(=O)O)c(C(=O)O)cc3C(=O)O)c3cc(CCCCCC)c(=O)cc-3oc2cc1O.CCc1cc2c(-c3c(Cl)c(C(=O)O)c(C(=O)O)c(Cl)c3C(=O)O)c3cc(CC)c(=O)c(Cl)c-3oc2c(Cl)c1O. The van der Waals surface area contributed by atoms with E-state index in [4.69, 9.17) is 55.2 Å². The first-order chi connectivity index (χ1) is 38.8. The summed E-state index contributed by atoms with van der Waals surface area (Å²) in [5.41, 5.74) is -3.55. The van der Waals surface area contributed by atoms with Gasteiger partial charge in [-0.2, -0.15) is 0 Å². The summed E-state index contributed by atoms with van der Waals surface area (Å²) in [4.78, 5) is 99.2. The van der Waals surface area contributed by atoms with Gasteiger partial charge >= 0.3 is 35.8 Å². The summed E-state index contributed by atoms with van der Waals surface area (Å²) in [6.07, 6.45) is 9.12. The second-order valence-electron chi connectivity index (χ2n) is 19.2. The molecular formula is C60H52Cl4O18. The lowest BCUT2D eigenvalue weighted by atomic mass is 9.86. The zero-order chi connectivity index (χ0) is 60.3. The molecule has 0 unspecified atom stereocenters. The summed E-state index contributed by atoms with van der Waals surface area (Å²) >= 11 is 25.6.